The minimum Gasteiger partial charge on any atom is -0.343 e. The molecule has 0 aliphatic carbocycles. The molecular formula is C22H32N4O. The summed E-state index contributed by atoms with van der Waals surface area (Å²) in [6.45, 7) is 7.34. The second-order valence-corrected chi connectivity index (χ2v) is 8.15. The quantitative estimate of drug-likeness (QED) is 0.813. The molecule has 2 saturated heterocycles. The summed E-state index contributed by atoms with van der Waals surface area (Å²) in [4.78, 5) is 19.5. The summed E-state index contributed by atoms with van der Waals surface area (Å²) in [6.07, 6.45) is 7.34. The molecule has 2 aliphatic rings. The summed E-state index contributed by atoms with van der Waals surface area (Å²) in [7, 11) is 2.19. The molecule has 0 radical (unpaired) electrons. The number of carbonyl (C=O) groups excluding carboxylic acids is 1. The highest BCUT2D eigenvalue weighted by Crippen LogP contribution is 2.24. The fraction of sp³-hybridized carbons (Fsp3) is 0.591. The fourth-order valence-electron chi connectivity index (χ4n) is 4.39. The number of benzene rings is 1. The maximum Gasteiger partial charge on any atom is 0.222 e. The number of nitrogens with zero attached hydrogens (tertiary/aromatic N) is 4. The number of carbonyl (C=O) groups is 1. The summed E-state index contributed by atoms with van der Waals surface area (Å²) in [6, 6.07) is 8.64. The molecule has 1 aromatic heterocycles. The number of fused-ring (bicyclic) bond motifs is 1. The molecule has 0 bridgehead atoms. The molecule has 0 atom stereocenters. The van der Waals surface area contributed by atoms with E-state index in [1.807, 2.05) is 0 Å². The lowest BCUT2D eigenvalue weighted by Gasteiger charge is -2.32. The standard InChI is InChI=1S/C22H32N4O/c1-23-13-15-24(16-14-23)18-26-17-19(20-7-3-4-8-21(20)26)9-10-22(27)25-11-5-2-6-12-25/h3-4,7-8,17H,2,5-6,9-16,18H2,1H3. The van der Waals surface area contributed by atoms with Crippen LogP contribution < -0.4 is 0 Å². The Morgan fingerprint density at radius 3 is 2.48 bits per heavy atom. The van der Waals surface area contributed by atoms with Gasteiger partial charge in [0.2, 0.25) is 5.91 Å². The van der Waals surface area contributed by atoms with Gasteiger partial charge in [-0.1, -0.05) is 18.2 Å². The van der Waals surface area contributed by atoms with Crippen molar-refractivity contribution < 1.29 is 4.79 Å². The molecular weight excluding hydrogens is 336 g/mol. The van der Waals surface area contributed by atoms with Crippen LogP contribution in [-0.4, -0.2) is 71.5 Å². The third-order valence-electron chi connectivity index (χ3n) is 6.14. The first kappa shape index (κ1) is 18.5. The Morgan fingerprint density at radius 1 is 0.963 bits per heavy atom. The third-order valence-corrected chi connectivity index (χ3v) is 6.14. The van der Waals surface area contributed by atoms with Crippen LogP contribution in [0, 0.1) is 0 Å². The molecule has 5 nitrogen and oxygen atoms in total. The first-order valence-electron chi connectivity index (χ1n) is 10.5. The molecule has 1 amide bonds. The zero-order chi connectivity index (χ0) is 18.6. The maximum absolute atomic E-state index is 12.6. The van der Waals surface area contributed by atoms with Gasteiger partial charge in [0, 0.05) is 62.8 Å². The first-order chi connectivity index (χ1) is 13.2. The summed E-state index contributed by atoms with van der Waals surface area (Å²) >= 11 is 0. The lowest BCUT2D eigenvalue weighted by Crippen LogP contribution is -2.44. The average Bonchev–Trinajstić information content (AvgIpc) is 3.06. The highest BCUT2D eigenvalue weighted by atomic mass is 16.2. The molecule has 0 N–H and O–H groups in total. The number of rotatable bonds is 5. The van der Waals surface area contributed by atoms with E-state index < -0.39 is 0 Å². The molecule has 1 aromatic carbocycles. The Labute approximate surface area is 162 Å². The van der Waals surface area contributed by atoms with E-state index in [0.29, 0.717) is 12.3 Å². The predicted molar refractivity (Wildman–Crippen MR) is 110 cm³/mol. The third kappa shape index (κ3) is 4.36. The number of piperazine rings is 1. The molecule has 146 valence electrons. The molecule has 5 heteroatoms. The Kier molecular flexibility index (Phi) is 5.79. The maximum atomic E-state index is 12.6. The van der Waals surface area contributed by atoms with Gasteiger partial charge in [-0.2, -0.15) is 0 Å². The van der Waals surface area contributed by atoms with Crippen molar-refractivity contribution in [1.82, 2.24) is 19.3 Å². The molecule has 27 heavy (non-hydrogen) atoms. The van der Waals surface area contributed by atoms with Crippen LogP contribution in [0.15, 0.2) is 30.5 Å². The summed E-state index contributed by atoms with van der Waals surface area (Å²) in [5, 5.41) is 1.30. The molecule has 0 unspecified atom stereocenters. The second kappa shape index (κ2) is 8.44. The van der Waals surface area contributed by atoms with Gasteiger partial charge in [0.05, 0.1) is 6.67 Å². The van der Waals surface area contributed by atoms with Gasteiger partial charge in [0.25, 0.3) is 0 Å². The lowest BCUT2D eigenvalue weighted by molar-refractivity contribution is -0.132. The van der Waals surface area contributed by atoms with Crippen LogP contribution in [0.25, 0.3) is 10.9 Å². The van der Waals surface area contributed by atoms with Gasteiger partial charge in [0.15, 0.2) is 0 Å². The van der Waals surface area contributed by atoms with Crippen molar-refractivity contribution in [2.75, 3.05) is 46.3 Å². The van der Waals surface area contributed by atoms with E-state index in [1.54, 1.807) is 0 Å². The SMILES string of the molecule is CN1CCN(Cn2cc(CCC(=O)N3CCCCC3)c3ccccc32)CC1. The zero-order valence-electron chi connectivity index (χ0n) is 16.6. The molecule has 0 spiro atoms. The lowest BCUT2D eigenvalue weighted by atomic mass is 10.1. The molecule has 2 aliphatic heterocycles. The van der Waals surface area contributed by atoms with Crippen molar-refractivity contribution in [3.63, 3.8) is 0 Å². The monoisotopic (exact) mass is 368 g/mol. The number of hydrogen-bond acceptors (Lipinski definition) is 3. The van der Waals surface area contributed by atoms with Gasteiger partial charge in [-0.15, -0.1) is 0 Å². The van der Waals surface area contributed by atoms with Crippen LogP contribution in [0.4, 0.5) is 0 Å². The van der Waals surface area contributed by atoms with Gasteiger partial charge >= 0.3 is 0 Å². The molecule has 2 aromatic rings. The molecule has 3 heterocycles. The van der Waals surface area contributed by atoms with Crippen molar-refractivity contribution in [2.45, 2.75) is 38.8 Å². The average molecular weight is 369 g/mol. The van der Waals surface area contributed by atoms with E-state index in [9.17, 15) is 4.79 Å². The summed E-state index contributed by atoms with van der Waals surface area (Å²) < 4.78 is 2.38. The Bertz CT molecular complexity index is 770. The van der Waals surface area contributed by atoms with E-state index in [4.69, 9.17) is 0 Å². The topological polar surface area (TPSA) is 31.7 Å². The number of amides is 1. The van der Waals surface area contributed by atoms with Crippen LogP contribution in [0.2, 0.25) is 0 Å². The number of likely N-dealkylation sites (N-methyl/N-ethyl adjacent to an activating group) is 1. The largest absolute Gasteiger partial charge is 0.343 e. The highest BCUT2D eigenvalue weighted by Gasteiger charge is 2.19. The minimum atomic E-state index is 0.325. The van der Waals surface area contributed by atoms with E-state index in [1.165, 1.54) is 22.9 Å². The van der Waals surface area contributed by atoms with E-state index in [-0.39, 0.29) is 0 Å². The van der Waals surface area contributed by atoms with Crippen molar-refractivity contribution >= 4 is 16.8 Å². The summed E-state index contributed by atoms with van der Waals surface area (Å²) in [5.41, 5.74) is 2.60. The molecule has 0 saturated carbocycles. The van der Waals surface area contributed by atoms with Crippen molar-refractivity contribution in [3.8, 4) is 0 Å². The van der Waals surface area contributed by atoms with Gasteiger partial charge < -0.3 is 14.4 Å². The van der Waals surface area contributed by atoms with Gasteiger partial charge in [-0.25, -0.2) is 0 Å². The van der Waals surface area contributed by atoms with Crippen molar-refractivity contribution in [2.24, 2.45) is 0 Å². The Hall–Kier alpha value is -1.85. The summed E-state index contributed by atoms with van der Waals surface area (Å²) in [5.74, 6) is 0.325. The van der Waals surface area contributed by atoms with Crippen LogP contribution in [0.5, 0.6) is 0 Å². The molecule has 2 fully saturated rings. The minimum absolute atomic E-state index is 0.325. The highest BCUT2D eigenvalue weighted by molar-refractivity contribution is 5.85. The van der Waals surface area contributed by atoms with Gasteiger partial charge in [-0.3, -0.25) is 9.69 Å². The van der Waals surface area contributed by atoms with Crippen molar-refractivity contribution in [3.05, 3.63) is 36.0 Å². The van der Waals surface area contributed by atoms with Gasteiger partial charge in [-0.05, 0) is 44.4 Å². The van der Waals surface area contributed by atoms with E-state index in [2.05, 4.69) is 56.8 Å². The van der Waals surface area contributed by atoms with E-state index >= 15 is 0 Å². The number of likely N-dealkylation sites (tertiary alicyclic amines) is 1. The zero-order valence-corrected chi connectivity index (χ0v) is 16.6. The Balaban J connectivity index is 1.45. The van der Waals surface area contributed by atoms with Crippen molar-refractivity contribution in [1.29, 1.82) is 0 Å². The predicted octanol–water partition coefficient (Wildman–Crippen LogP) is 2.79. The number of piperidine rings is 1. The fourth-order valence-corrected chi connectivity index (χ4v) is 4.39. The van der Waals surface area contributed by atoms with Crippen LogP contribution in [-0.2, 0) is 17.9 Å². The normalized spacial score (nSPS) is 19.7. The first-order valence-corrected chi connectivity index (χ1v) is 10.5. The van der Waals surface area contributed by atoms with E-state index in [0.717, 1.165) is 65.2 Å². The second-order valence-electron chi connectivity index (χ2n) is 8.15. The van der Waals surface area contributed by atoms with Crippen LogP contribution in [0.3, 0.4) is 0 Å². The van der Waals surface area contributed by atoms with Gasteiger partial charge in [0.1, 0.15) is 0 Å². The number of hydrogen-bond donors (Lipinski definition) is 0. The van der Waals surface area contributed by atoms with Crippen LogP contribution in [0.1, 0.15) is 31.2 Å². The molecule has 4 rings (SSSR count). The number of aryl methyl sites for hydroxylation is 1. The smallest absolute Gasteiger partial charge is 0.222 e. The number of para-hydroxylation sites is 1. The van der Waals surface area contributed by atoms with Crippen LogP contribution >= 0.6 is 0 Å². The number of aromatic nitrogens is 1. The Morgan fingerprint density at radius 2 is 1.70 bits per heavy atom.